The number of piperidine rings is 1. The Morgan fingerprint density at radius 1 is 1.00 bits per heavy atom. The lowest BCUT2D eigenvalue weighted by atomic mass is 9.71. The largest absolute Gasteiger partial charge is 0.370 e. The molecular formula is C23H24ClF2N5. The Morgan fingerprint density at radius 2 is 1.77 bits per heavy atom. The molecule has 6 rings (SSSR count). The first-order valence-electron chi connectivity index (χ1n) is 11.0. The number of aromatic nitrogens is 3. The van der Waals surface area contributed by atoms with Crippen LogP contribution in [-0.2, 0) is 6.42 Å². The van der Waals surface area contributed by atoms with E-state index in [0.29, 0.717) is 10.7 Å². The van der Waals surface area contributed by atoms with Crippen molar-refractivity contribution in [3.05, 3.63) is 52.9 Å². The first kappa shape index (κ1) is 19.3. The predicted molar refractivity (Wildman–Crippen MR) is 117 cm³/mol. The van der Waals surface area contributed by atoms with Gasteiger partial charge in [-0.15, -0.1) is 10.2 Å². The van der Waals surface area contributed by atoms with Gasteiger partial charge in [0.2, 0.25) is 0 Å². The third kappa shape index (κ3) is 3.34. The van der Waals surface area contributed by atoms with Gasteiger partial charge in [-0.2, -0.15) is 0 Å². The first-order chi connectivity index (χ1) is 15.0. The topological polar surface area (TPSA) is 36.7 Å². The minimum absolute atomic E-state index is 0.195. The molecule has 162 valence electrons. The standard InChI is InChI=1S/C23H24ClF2N5/c24-21-19(5-8-31-20(11-15-1-2-15)27-28-22(21)31)29-9-6-23(7-10-29)13-30(14-23)18-4-3-16(25)12-17(18)26/h3-5,8,12,15H,1-2,6-7,9-11,13-14H2. The van der Waals surface area contributed by atoms with Gasteiger partial charge in [0.15, 0.2) is 5.65 Å². The fraction of sp³-hybridized carbons (Fsp3) is 0.478. The van der Waals surface area contributed by atoms with Gasteiger partial charge in [-0.25, -0.2) is 8.78 Å². The monoisotopic (exact) mass is 443 g/mol. The summed E-state index contributed by atoms with van der Waals surface area (Å²) in [5.74, 6) is 0.716. The Hall–Kier alpha value is -2.41. The van der Waals surface area contributed by atoms with Crippen molar-refractivity contribution in [2.24, 2.45) is 11.3 Å². The second kappa shape index (κ2) is 7.05. The highest BCUT2D eigenvalue weighted by molar-refractivity contribution is 6.36. The first-order valence-corrected chi connectivity index (χ1v) is 11.4. The number of hydrogen-bond acceptors (Lipinski definition) is 4. The summed E-state index contributed by atoms with van der Waals surface area (Å²) in [4.78, 5) is 4.34. The average molecular weight is 444 g/mol. The molecule has 3 aliphatic rings. The van der Waals surface area contributed by atoms with E-state index in [2.05, 4.69) is 21.2 Å². The molecule has 0 bridgehead atoms. The van der Waals surface area contributed by atoms with E-state index in [4.69, 9.17) is 11.6 Å². The zero-order valence-corrected chi connectivity index (χ0v) is 18.0. The molecule has 2 saturated heterocycles. The number of hydrogen-bond donors (Lipinski definition) is 0. The van der Waals surface area contributed by atoms with Crippen molar-refractivity contribution in [2.75, 3.05) is 36.0 Å². The lowest BCUT2D eigenvalue weighted by molar-refractivity contribution is 0.161. The number of benzene rings is 1. The summed E-state index contributed by atoms with van der Waals surface area (Å²) in [5.41, 5.74) is 2.43. The summed E-state index contributed by atoms with van der Waals surface area (Å²) in [6.07, 6.45) is 7.61. The van der Waals surface area contributed by atoms with Crippen LogP contribution in [-0.4, -0.2) is 40.8 Å². The number of rotatable bonds is 4. The SMILES string of the molecule is Fc1ccc(N2CC3(CCN(c4ccn5c(CC6CC6)nnc5c4Cl)CC3)C2)c(F)c1. The molecule has 3 aromatic rings. The molecule has 0 unspecified atom stereocenters. The van der Waals surface area contributed by atoms with Crippen LogP contribution < -0.4 is 9.80 Å². The number of nitrogens with zero attached hydrogens (tertiary/aromatic N) is 5. The van der Waals surface area contributed by atoms with Gasteiger partial charge < -0.3 is 9.80 Å². The van der Waals surface area contributed by atoms with E-state index < -0.39 is 11.6 Å². The highest BCUT2D eigenvalue weighted by Crippen LogP contribution is 2.45. The van der Waals surface area contributed by atoms with Gasteiger partial charge in [0.1, 0.15) is 22.5 Å². The summed E-state index contributed by atoms with van der Waals surface area (Å²) in [6.45, 7) is 3.42. The van der Waals surface area contributed by atoms with E-state index in [-0.39, 0.29) is 5.41 Å². The molecule has 1 aliphatic carbocycles. The molecule has 31 heavy (non-hydrogen) atoms. The lowest BCUT2D eigenvalue weighted by Crippen LogP contribution is -2.60. The predicted octanol–water partition coefficient (Wildman–Crippen LogP) is 4.72. The number of pyridine rings is 1. The Kier molecular flexibility index (Phi) is 4.39. The summed E-state index contributed by atoms with van der Waals surface area (Å²) in [5, 5.41) is 9.39. The molecule has 2 aromatic heterocycles. The lowest BCUT2D eigenvalue weighted by Gasteiger charge is -2.55. The second-order valence-electron chi connectivity index (χ2n) is 9.41. The van der Waals surface area contributed by atoms with Crippen molar-refractivity contribution < 1.29 is 8.78 Å². The van der Waals surface area contributed by atoms with Crippen molar-refractivity contribution in [3.63, 3.8) is 0 Å². The molecular weight excluding hydrogens is 420 g/mol. The Morgan fingerprint density at radius 3 is 2.48 bits per heavy atom. The maximum atomic E-state index is 14.1. The van der Waals surface area contributed by atoms with Crippen molar-refractivity contribution in [1.82, 2.24) is 14.6 Å². The van der Waals surface area contributed by atoms with Crippen LogP contribution in [0, 0.1) is 23.0 Å². The molecule has 1 saturated carbocycles. The maximum Gasteiger partial charge on any atom is 0.181 e. The van der Waals surface area contributed by atoms with Gasteiger partial charge in [-0.1, -0.05) is 11.6 Å². The van der Waals surface area contributed by atoms with E-state index in [0.717, 1.165) is 74.6 Å². The number of fused-ring (bicyclic) bond motifs is 1. The molecule has 1 aromatic carbocycles. The molecule has 1 spiro atoms. The van der Waals surface area contributed by atoms with E-state index in [1.807, 2.05) is 15.5 Å². The Bertz CT molecular complexity index is 1140. The second-order valence-corrected chi connectivity index (χ2v) is 9.79. The van der Waals surface area contributed by atoms with Crippen LogP contribution in [0.15, 0.2) is 30.5 Å². The van der Waals surface area contributed by atoms with Crippen LogP contribution in [0.2, 0.25) is 5.02 Å². The van der Waals surface area contributed by atoms with E-state index >= 15 is 0 Å². The molecule has 0 N–H and O–H groups in total. The molecule has 0 radical (unpaired) electrons. The van der Waals surface area contributed by atoms with E-state index in [1.54, 1.807) is 0 Å². The summed E-state index contributed by atoms with van der Waals surface area (Å²) in [7, 11) is 0. The highest BCUT2D eigenvalue weighted by atomic mass is 35.5. The molecule has 8 heteroatoms. The average Bonchev–Trinajstić information content (AvgIpc) is 3.45. The van der Waals surface area contributed by atoms with Crippen LogP contribution >= 0.6 is 11.6 Å². The van der Waals surface area contributed by atoms with Gasteiger partial charge >= 0.3 is 0 Å². The minimum Gasteiger partial charge on any atom is -0.370 e. The van der Waals surface area contributed by atoms with Gasteiger partial charge in [-0.05, 0) is 49.8 Å². The molecule has 2 aliphatic heterocycles. The zero-order valence-electron chi connectivity index (χ0n) is 17.2. The fourth-order valence-corrected chi connectivity index (χ4v) is 5.45. The number of anilines is 2. The van der Waals surface area contributed by atoms with Crippen molar-refractivity contribution in [2.45, 2.75) is 32.1 Å². The van der Waals surface area contributed by atoms with Crippen molar-refractivity contribution in [3.8, 4) is 0 Å². The molecule has 4 heterocycles. The normalized spacial score (nSPS) is 20.5. The molecule has 3 fully saturated rings. The molecule has 0 atom stereocenters. The summed E-state index contributed by atoms with van der Waals surface area (Å²) < 4.78 is 29.3. The summed E-state index contributed by atoms with van der Waals surface area (Å²) >= 11 is 6.75. The third-order valence-corrected chi connectivity index (χ3v) is 7.57. The van der Waals surface area contributed by atoms with Crippen LogP contribution in [0.4, 0.5) is 20.2 Å². The Balaban J connectivity index is 1.14. The summed E-state index contributed by atoms with van der Waals surface area (Å²) in [6, 6.07) is 5.90. The van der Waals surface area contributed by atoms with Crippen LogP contribution in [0.5, 0.6) is 0 Å². The van der Waals surface area contributed by atoms with Crippen molar-refractivity contribution in [1.29, 1.82) is 0 Å². The van der Waals surface area contributed by atoms with Gasteiger partial charge in [0.05, 0.1) is 11.4 Å². The fourth-order valence-electron chi connectivity index (χ4n) is 5.14. The zero-order chi connectivity index (χ0) is 21.2. The van der Waals surface area contributed by atoms with Crippen LogP contribution in [0.25, 0.3) is 5.65 Å². The molecule has 0 amide bonds. The minimum atomic E-state index is -0.536. The third-order valence-electron chi connectivity index (χ3n) is 7.21. The van der Waals surface area contributed by atoms with Crippen LogP contribution in [0.3, 0.4) is 0 Å². The van der Waals surface area contributed by atoms with Gasteiger partial charge in [-0.3, -0.25) is 4.40 Å². The van der Waals surface area contributed by atoms with Crippen LogP contribution in [0.1, 0.15) is 31.5 Å². The quantitative estimate of drug-likeness (QED) is 0.584. The van der Waals surface area contributed by atoms with Crippen molar-refractivity contribution >= 4 is 28.6 Å². The van der Waals surface area contributed by atoms with E-state index in [9.17, 15) is 8.78 Å². The van der Waals surface area contributed by atoms with Gasteiger partial charge in [0, 0.05) is 50.3 Å². The number of halogens is 3. The molecule has 5 nitrogen and oxygen atoms in total. The smallest absolute Gasteiger partial charge is 0.181 e. The highest BCUT2D eigenvalue weighted by Gasteiger charge is 2.45. The van der Waals surface area contributed by atoms with Gasteiger partial charge in [0.25, 0.3) is 0 Å². The van der Waals surface area contributed by atoms with E-state index in [1.165, 1.54) is 25.0 Å². The maximum absolute atomic E-state index is 14.1. The Labute approximate surface area is 184 Å².